The third-order valence-electron chi connectivity index (χ3n) is 5.85. The quantitative estimate of drug-likeness (QED) is 0.549. The average Bonchev–Trinajstić information content (AvgIpc) is 2.68. The molecule has 6 nitrogen and oxygen atoms in total. The fourth-order valence-electron chi connectivity index (χ4n) is 3.97. The molecule has 2 atom stereocenters. The van der Waals surface area contributed by atoms with Gasteiger partial charge in [0, 0.05) is 44.2 Å². The van der Waals surface area contributed by atoms with Crippen LogP contribution < -0.4 is 16.0 Å². The predicted octanol–water partition coefficient (Wildman–Crippen LogP) is 2.40. The largest absolute Gasteiger partial charge is 0.356 e. The van der Waals surface area contributed by atoms with E-state index in [9.17, 15) is 4.79 Å². The monoisotopic (exact) mass is 371 g/mol. The molecular weight excluding hydrogens is 338 g/mol. The molecule has 0 aromatic heterocycles. The molecule has 27 heavy (non-hydrogen) atoms. The second-order valence-corrected chi connectivity index (χ2v) is 7.94. The van der Waals surface area contributed by atoms with Crippen LogP contribution in [-0.4, -0.2) is 56.0 Å². The van der Waals surface area contributed by atoms with E-state index in [1.807, 2.05) is 18.2 Å². The van der Waals surface area contributed by atoms with E-state index >= 15 is 0 Å². The lowest BCUT2D eigenvalue weighted by Crippen LogP contribution is -2.48. The number of benzene rings is 1. The first-order valence-electron chi connectivity index (χ1n) is 10.1. The van der Waals surface area contributed by atoms with E-state index in [1.54, 1.807) is 7.05 Å². The van der Waals surface area contributed by atoms with Crippen molar-refractivity contribution in [1.82, 2.24) is 15.5 Å². The van der Waals surface area contributed by atoms with Crippen LogP contribution in [-0.2, 0) is 4.79 Å². The van der Waals surface area contributed by atoms with Gasteiger partial charge in [0.25, 0.3) is 0 Å². The molecule has 2 aliphatic rings. The first-order valence-corrected chi connectivity index (χ1v) is 10.1. The van der Waals surface area contributed by atoms with Gasteiger partial charge < -0.3 is 16.0 Å². The Morgan fingerprint density at radius 2 is 2.04 bits per heavy atom. The molecule has 0 bridgehead atoms. The maximum Gasteiger partial charge on any atom is 0.225 e. The number of carbonyl (C=O) groups is 1. The maximum atomic E-state index is 12.0. The lowest BCUT2D eigenvalue weighted by Gasteiger charge is -2.35. The topological polar surface area (TPSA) is 68.8 Å². The van der Waals surface area contributed by atoms with Crippen molar-refractivity contribution in [1.29, 1.82) is 0 Å². The summed E-state index contributed by atoms with van der Waals surface area (Å²) in [5, 5.41) is 9.81. The second kappa shape index (κ2) is 9.22. The number of para-hydroxylation sites is 1. The van der Waals surface area contributed by atoms with Crippen molar-refractivity contribution in [3.63, 3.8) is 0 Å². The summed E-state index contributed by atoms with van der Waals surface area (Å²) in [7, 11) is 1.80. The Balaban J connectivity index is 1.49. The molecule has 1 aromatic rings. The van der Waals surface area contributed by atoms with E-state index in [2.05, 4.69) is 45.8 Å². The molecular formula is C21H33N5O. The number of anilines is 1. The number of hydrogen-bond donors (Lipinski definition) is 3. The lowest BCUT2D eigenvalue weighted by atomic mass is 9.90. The molecule has 6 heteroatoms. The van der Waals surface area contributed by atoms with Crippen LogP contribution in [0.5, 0.6) is 0 Å². The Morgan fingerprint density at radius 3 is 2.78 bits per heavy atom. The van der Waals surface area contributed by atoms with E-state index in [4.69, 9.17) is 0 Å². The number of aliphatic imine (C=N–C) groups is 1. The molecule has 1 saturated heterocycles. The number of rotatable bonds is 5. The van der Waals surface area contributed by atoms with Crippen molar-refractivity contribution in [3.05, 3.63) is 29.8 Å². The van der Waals surface area contributed by atoms with Crippen LogP contribution in [0.25, 0.3) is 0 Å². The molecule has 1 amide bonds. The van der Waals surface area contributed by atoms with Crippen LogP contribution in [0.3, 0.4) is 0 Å². The van der Waals surface area contributed by atoms with Gasteiger partial charge in [-0.15, -0.1) is 0 Å². The highest BCUT2D eigenvalue weighted by Gasteiger charge is 2.25. The fourth-order valence-corrected chi connectivity index (χ4v) is 3.97. The Bertz CT molecular complexity index is 666. The molecule has 0 saturated carbocycles. The van der Waals surface area contributed by atoms with Gasteiger partial charge in [0.15, 0.2) is 5.96 Å². The number of nitrogens with zero attached hydrogens (tertiary/aromatic N) is 2. The predicted molar refractivity (Wildman–Crippen MR) is 111 cm³/mol. The first kappa shape index (κ1) is 19.7. The molecule has 0 spiro atoms. The highest BCUT2D eigenvalue weighted by molar-refractivity contribution is 5.94. The van der Waals surface area contributed by atoms with Gasteiger partial charge in [0.2, 0.25) is 5.91 Å². The van der Waals surface area contributed by atoms with E-state index in [0.29, 0.717) is 19.0 Å². The van der Waals surface area contributed by atoms with Crippen LogP contribution in [0.15, 0.2) is 29.3 Å². The lowest BCUT2D eigenvalue weighted by molar-refractivity contribution is -0.116. The Labute approximate surface area is 162 Å². The molecule has 0 aliphatic carbocycles. The minimum absolute atomic E-state index is 0.0800. The van der Waals surface area contributed by atoms with Crippen LogP contribution in [0.2, 0.25) is 0 Å². The fraction of sp³-hybridized carbons (Fsp3) is 0.619. The van der Waals surface area contributed by atoms with Crippen LogP contribution in [0, 0.1) is 5.92 Å². The molecule has 2 heterocycles. The van der Waals surface area contributed by atoms with Gasteiger partial charge in [-0.3, -0.25) is 14.7 Å². The van der Waals surface area contributed by atoms with Gasteiger partial charge in [-0.1, -0.05) is 25.1 Å². The van der Waals surface area contributed by atoms with E-state index < -0.39 is 0 Å². The van der Waals surface area contributed by atoms with Crippen molar-refractivity contribution < 1.29 is 4.79 Å². The zero-order valence-electron chi connectivity index (χ0n) is 16.8. The molecule has 1 aromatic carbocycles. The zero-order valence-corrected chi connectivity index (χ0v) is 16.8. The number of fused-ring (bicyclic) bond motifs is 1. The Kier molecular flexibility index (Phi) is 6.72. The van der Waals surface area contributed by atoms with Crippen molar-refractivity contribution in [2.24, 2.45) is 10.9 Å². The normalized spacial score (nSPS) is 22.7. The van der Waals surface area contributed by atoms with Gasteiger partial charge >= 0.3 is 0 Å². The van der Waals surface area contributed by atoms with Gasteiger partial charge in [-0.25, -0.2) is 0 Å². The number of piperidine rings is 1. The number of nitrogens with one attached hydrogen (secondary N) is 3. The number of amides is 1. The van der Waals surface area contributed by atoms with Crippen molar-refractivity contribution in [3.8, 4) is 0 Å². The summed E-state index contributed by atoms with van der Waals surface area (Å²) >= 11 is 0. The van der Waals surface area contributed by atoms with Gasteiger partial charge in [0.1, 0.15) is 0 Å². The highest BCUT2D eigenvalue weighted by atomic mass is 16.1. The number of carbonyl (C=O) groups excluding carboxylic acids is 1. The summed E-state index contributed by atoms with van der Waals surface area (Å²) in [5.41, 5.74) is 2.12. The average molecular weight is 372 g/mol. The first-order chi connectivity index (χ1) is 13.1. The van der Waals surface area contributed by atoms with Crippen molar-refractivity contribution in [2.45, 2.75) is 45.1 Å². The maximum absolute atomic E-state index is 12.0. The molecule has 3 rings (SSSR count). The van der Waals surface area contributed by atoms with Crippen LogP contribution >= 0.6 is 0 Å². The molecule has 2 aliphatic heterocycles. The van der Waals surface area contributed by atoms with Crippen molar-refractivity contribution in [2.75, 3.05) is 38.5 Å². The summed E-state index contributed by atoms with van der Waals surface area (Å²) in [6.45, 7) is 8.55. The van der Waals surface area contributed by atoms with Crippen LogP contribution in [0.4, 0.5) is 5.69 Å². The Hall–Kier alpha value is -2.08. The Morgan fingerprint density at radius 1 is 1.30 bits per heavy atom. The molecule has 0 radical (unpaired) electrons. The van der Waals surface area contributed by atoms with Crippen molar-refractivity contribution >= 4 is 17.6 Å². The third kappa shape index (κ3) is 5.22. The van der Waals surface area contributed by atoms with Gasteiger partial charge in [0.05, 0.1) is 0 Å². The second-order valence-electron chi connectivity index (χ2n) is 7.94. The van der Waals surface area contributed by atoms with Gasteiger partial charge in [-0.05, 0) is 50.4 Å². The summed E-state index contributed by atoms with van der Waals surface area (Å²) in [6, 6.07) is 8.53. The SMILES string of the molecule is CN=C(NCC1CC(=O)Nc2ccccc21)NCC(C)N1CCC(C)CC1. The third-order valence-corrected chi connectivity index (χ3v) is 5.85. The summed E-state index contributed by atoms with van der Waals surface area (Å²) in [6.07, 6.45) is 3.09. The smallest absolute Gasteiger partial charge is 0.225 e. The number of guanidine groups is 1. The molecule has 148 valence electrons. The highest BCUT2D eigenvalue weighted by Crippen LogP contribution is 2.31. The minimum Gasteiger partial charge on any atom is -0.356 e. The standard InChI is InChI=1S/C21H33N5O/c1-15-8-10-26(11-9-15)16(2)13-23-21(22-3)24-14-17-12-20(27)25-19-7-5-4-6-18(17)19/h4-7,15-17H,8-14H2,1-3H3,(H,25,27)(H2,22,23,24). The zero-order chi connectivity index (χ0) is 19.2. The molecule has 2 unspecified atom stereocenters. The van der Waals surface area contributed by atoms with Gasteiger partial charge in [-0.2, -0.15) is 0 Å². The molecule has 1 fully saturated rings. The number of likely N-dealkylation sites (tertiary alicyclic amines) is 1. The van der Waals surface area contributed by atoms with Crippen LogP contribution in [0.1, 0.15) is 44.6 Å². The summed E-state index contributed by atoms with van der Waals surface area (Å²) in [5.74, 6) is 1.90. The number of hydrogen-bond acceptors (Lipinski definition) is 3. The van der Waals surface area contributed by atoms with E-state index in [1.165, 1.54) is 31.5 Å². The summed E-state index contributed by atoms with van der Waals surface area (Å²) in [4.78, 5) is 18.9. The minimum atomic E-state index is 0.0800. The summed E-state index contributed by atoms with van der Waals surface area (Å²) < 4.78 is 0. The van der Waals surface area contributed by atoms with E-state index in [-0.39, 0.29) is 11.8 Å². The molecule has 3 N–H and O–H groups in total. The van der Waals surface area contributed by atoms with E-state index in [0.717, 1.165) is 24.1 Å².